The van der Waals surface area contributed by atoms with Crippen LogP contribution in [0.15, 0.2) is 47.4 Å². The first-order valence-corrected chi connectivity index (χ1v) is 8.85. The molecule has 1 N–H and O–H groups in total. The molecule has 0 saturated carbocycles. The number of hydrogen-bond donors (Lipinski definition) is 1. The van der Waals surface area contributed by atoms with Gasteiger partial charge in [0.2, 0.25) is 5.91 Å². The highest BCUT2D eigenvalue weighted by Crippen LogP contribution is 2.36. The number of fused-ring (bicyclic) bond motifs is 1. The fraction of sp³-hybridized carbons (Fsp3) is 0.278. The zero-order chi connectivity index (χ0) is 18.7. The van der Waals surface area contributed by atoms with Crippen LogP contribution in [0.2, 0.25) is 0 Å². The lowest BCUT2D eigenvalue weighted by Crippen LogP contribution is -2.31. The number of thioether (sulfide) groups is 1. The van der Waals surface area contributed by atoms with E-state index in [1.807, 2.05) is 0 Å². The maximum atomic E-state index is 13.5. The first-order valence-electron chi connectivity index (χ1n) is 7.86. The van der Waals surface area contributed by atoms with Gasteiger partial charge in [-0.2, -0.15) is 0 Å². The van der Waals surface area contributed by atoms with Crippen LogP contribution in [-0.2, 0) is 11.2 Å². The molecule has 1 aliphatic heterocycles. The molecule has 8 heteroatoms. The average molecular weight is 385 g/mol. The Morgan fingerprint density at radius 3 is 2.62 bits per heavy atom. The molecule has 0 aliphatic carbocycles. The van der Waals surface area contributed by atoms with Gasteiger partial charge in [-0.1, -0.05) is 12.1 Å². The van der Waals surface area contributed by atoms with Crippen molar-refractivity contribution in [2.24, 2.45) is 0 Å². The zero-order valence-corrected chi connectivity index (χ0v) is 14.3. The van der Waals surface area contributed by atoms with Crippen LogP contribution >= 0.6 is 11.8 Å². The van der Waals surface area contributed by atoms with Gasteiger partial charge >= 0.3 is 6.36 Å². The van der Waals surface area contributed by atoms with Crippen molar-refractivity contribution < 1.29 is 27.1 Å². The molecule has 26 heavy (non-hydrogen) atoms. The number of ether oxygens (including phenoxy) is 1. The maximum absolute atomic E-state index is 13.5. The van der Waals surface area contributed by atoms with Crippen LogP contribution in [-0.4, -0.2) is 18.0 Å². The van der Waals surface area contributed by atoms with E-state index in [4.69, 9.17) is 0 Å². The second-order valence-corrected chi connectivity index (χ2v) is 6.94. The predicted octanol–water partition coefficient (Wildman–Crippen LogP) is 4.62. The van der Waals surface area contributed by atoms with Crippen molar-refractivity contribution in [2.45, 2.75) is 30.1 Å². The van der Waals surface area contributed by atoms with Gasteiger partial charge in [0.25, 0.3) is 0 Å². The van der Waals surface area contributed by atoms with Gasteiger partial charge in [-0.3, -0.25) is 4.79 Å². The van der Waals surface area contributed by atoms with Gasteiger partial charge in [0.1, 0.15) is 11.6 Å². The van der Waals surface area contributed by atoms with Gasteiger partial charge in [0.15, 0.2) is 0 Å². The molecule has 1 unspecified atom stereocenters. The summed E-state index contributed by atoms with van der Waals surface area (Å²) in [6, 6.07) is 9.39. The molecule has 0 aromatic heterocycles. The molecule has 0 saturated heterocycles. The van der Waals surface area contributed by atoms with Crippen LogP contribution in [0.3, 0.4) is 0 Å². The Bertz CT molecular complexity index is 793. The minimum atomic E-state index is -4.75. The molecule has 1 aliphatic rings. The lowest BCUT2D eigenvalue weighted by Gasteiger charge is -2.26. The van der Waals surface area contributed by atoms with Crippen molar-refractivity contribution in [3.05, 3.63) is 59.4 Å². The number of alkyl halides is 3. The molecule has 138 valence electrons. The highest BCUT2D eigenvalue weighted by atomic mass is 32.2. The van der Waals surface area contributed by atoms with E-state index in [0.717, 1.165) is 28.3 Å². The van der Waals surface area contributed by atoms with Gasteiger partial charge in [-0.15, -0.1) is 24.9 Å². The Kier molecular flexibility index (Phi) is 5.41. The first-order chi connectivity index (χ1) is 12.3. The van der Waals surface area contributed by atoms with Crippen molar-refractivity contribution in [2.75, 3.05) is 5.75 Å². The largest absolute Gasteiger partial charge is 0.573 e. The van der Waals surface area contributed by atoms with Crippen LogP contribution in [0.1, 0.15) is 23.6 Å². The van der Waals surface area contributed by atoms with Crippen LogP contribution < -0.4 is 10.1 Å². The van der Waals surface area contributed by atoms with Crippen molar-refractivity contribution in [1.29, 1.82) is 0 Å². The number of rotatable bonds is 4. The normalized spacial score (nSPS) is 16.7. The van der Waals surface area contributed by atoms with Crippen LogP contribution in [0.5, 0.6) is 5.75 Å². The molecular weight excluding hydrogens is 370 g/mol. The number of halogens is 4. The molecule has 1 heterocycles. The molecule has 0 radical (unpaired) electrons. The Morgan fingerprint density at radius 1 is 1.19 bits per heavy atom. The fourth-order valence-electron chi connectivity index (χ4n) is 2.75. The van der Waals surface area contributed by atoms with E-state index >= 15 is 0 Å². The Balaban J connectivity index is 1.62. The number of amides is 1. The van der Waals surface area contributed by atoms with Crippen LogP contribution in [0.25, 0.3) is 0 Å². The molecular formula is C18H15F4NO2S. The van der Waals surface area contributed by atoms with Gasteiger partial charge < -0.3 is 10.1 Å². The Morgan fingerprint density at radius 2 is 1.92 bits per heavy atom. The summed E-state index contributed by atoms with van der Waals surface area (Å²) in [5, 5.41) is 2.87. The summed E-state index contributed by atoms with van der Waals surface area (Å²) in [6.45, 7) is 0. The second-order valence-electron chi connectivity index (χ2n) is 5.81. The summed E-state index contributed by atoms with van der Waals surface area (Å²) in [5.41, 5.74) is 1.31. The number of carbonyl (C=O) groups is 1. The van der Waals surface area contributed by atoms with Gasteiger partial charge in [0, 0.05) is 10.6 Å². The standard InChI is InChI=1S/C18H15F4NO2S/c19-12-3-6-16-14(10-12)15(7-8-26-16)23-17(24)9-11-1-4-13(5-2-11)25-18(20,21)22/h1-6,10,15H,7-9H2,(H,23,24). The van der Waals surface area contributed by atoms with E-state index in [1.165, 1.54) is 24.3 Å². The van der Waals surface area contributed by atoms with Crippen molar-refractivity contribution in [1.82, 2.24) is 5.32 Å². The molecule has 2 aromatic rings. The van der Waals surface area contributed by atoms with E-state index < -0.39 is 6.36 Å². The smallest absolute Gasteiger partial charge is 0.406 e. The monoisotopic (exact) mass is 385 g/mol. The van der Waals surface area contributed by atoms with Crippen molar-refractivity contribution in [3.63, 3.8) is 0 Å². The molecule has 0 bridgehead atoms. The molecule has 3 nitrogen and oxygen atoms in total. The van der Waals surface area contributed by atoms with E-state index in [9.17, 15) is 22.4 Å². The summed E-state index contributed by atoms with van der Waals surface area (Å²) in [5.74, 6) is -0.157. The Hall–Kier alpha value is -2.22. The lowest BCUT2D eigenvalue weighted by atomic mass is 10.0. The number of nitrogens with one attached hydrogen (secondary N) is 1. The van der Waals surface area contributed by atoms with Gasteiger partial charge in [0.05, 0.1) is 12.5 Å². The zero-order valence-electron chi connectivity index (χ0n) is 13.5. The molecule has 1 amide bonds. The minimum Gasteiger partial charge on any atom is -0.406 e. The highest BCUT2D eigenvalue weighted by Gasteiger charge is 2.31. The SMILES string of the molecule is O=C(Cc1ccc(OC(F)(F)F)cc1)NC1CCSc2ccc(F)cc21. The molecule has 0 spiro atoms. The number of hydrogen-bond acceptors (Lipinski definition) is 3. The maximum Gasteiger partial charge on any atom is 0.573 e. The third-order valence-electron chi connectivity index (χ3n) is 3.87. The lowest BCUT2D eigenvalue weighted by molar-refractivity contribution is -0.274. The topological polar surface area (TPSA) is 38.3 Å². The molecule has 3 rings (SSSR count). The number of carbonyl (C=O) groups excluding carboxylic acids is 1. The van der Waals surface area contributed by atoms with Gasteiger partial charge in [-0.05, 0) is 47.9 Å². The van der Waals surface area contributed by atoms with Gasteiger partial charge in [-0.25, -0.2) is 4.39 Å². The van der Waals surface area contributed by atoms with E-state index in [-0.39, 0.29) is 29.9 Å². The summed E-state index contributed by atoms with van der Waals surface area (Å²) in [7, 11) is 0. The first kappa shape index (κ1) is 18.6. The highest BCUT2D eigenvalue weighted by molar-refractivity contribution is 7.99. The van der Waals surface area contributed by atoms with E-state index in [1.54, 1.807) is 17.8 Å². The van der Waals surface area contributed by atoms with Crippen LogP contribution in [0, 0.1) is 5.82 Å². The van der Waals surface area contributed by atoms with Crippen LogP contribution in [0.4, 0.5) is 17.6 Å². The third-order valence-corrected chi connectivity index (χ3v) is 4.99. The summed E-state index contributed by atoms with van der Waals surface area (Å²) < 4.78 is 53.7. The summed E-state index contributed by atoms with van der Waals surface area (Å²) in [4.78, 5) is 13.2. The summed E-state index contributed by atoms with van der Waals surface area (Å²) in [6.07, 6.45) is -4.05. The minimum absolute atomic E-state index is 0.0145. The number of benzene rings is 2. The second kappa shape index (κ2) is 7.57. The predicted molar refractivity (Wildman–Crippen MR) is 89.5 cm³/mol. The fourth-order valence-corrected chi connectivity index (χ4v) is 3.86. The van der Waals surface area contributed by atoms with E-state index in [2.05, 4.69) is 10.1 Å². The van der Waals surface area contributed by atoms with Crippen molar-refractivity contribution >= 4 is 17.7 Å². The average Bonchev–Trinajstić information content (AvgIpc) is 2.56. The molecule has 0 fully saturated rings. The third kappa shape index (κ3) is 4.91. The van der Waals surface area contributed by atoms with Crippen molar-refractivity contribution in [3.8, 4) is 5.75 Å². The van der Waals surface area contributed by atoms with E-state index in [0.29, 0.717) is 12.0 Å². The Labute approximate surface area is 151 Å². The molecule has 1 atom stereocenters. The quantitative estimate of drug-likeness (QED) is 0.781. The molecule has 2 aromatic carbocycles. The summed E-state index contributed by atoms with van der Waals surface area (Å²) >= 11 is 1.61.